The minimum absolute atomic E-state index is 0.0152. The lowest BCUT2D eigenvalue weighted by Gasteiger charge is -2.28. The van der Waals surface area contributed by atoms with Gasteiger partial charge in [0.25, 0.3) is 0 Å². The number of nitrogen functional groups attached to an aromatic ring is 2. The average molecular weight is 493 g/mol. The van der Waals surface area contributed by atoms with Crippen LogP contribution in [0.2, 0.25) is 0 Å². The van der Waals surface area contributed by atoms with Gasteiger partial charge in [0.15, 0.2) is 0 Å². The van der Waals surface area contributed by atoms with Crippen molar-refractivity contribution in [2.75, 3.05) is 18.1 Å². The van der Waals surface area contributed by atoms with E-state index in [0.29, 0.717) is 23.4 Å². The fourth-order valence-corrected chi connectivity index (χ4v) is 4.66. The van der Waals surface area contributed by atoms with Gasteiger partial charge < -0.3 is 20.9 Å². The monoisotopic (exact) mass is 492 g/mol. The van der Waals surface area contributed by atoms with Gasteiger partial charge in [-0.2, -0.15) is 0 Å². The van der Waals surface area contributed by atoms with E-state index in [1.165, 1.54) is 38.2 Å². The maximum atomic E-state index is 12.6. The Morgan fingerprint density at radius 2 is 1.72 bits per heavy atom. The second-order valence-electron chi connectivity index (χ2n) is 9.73. The minimum atomic E-state index is -0.443. The molecule has 1 aliphatic rings. The normalized spacial score (nSPS) is 17.7. The second kappa shape index (κ2) is 14.3. The summed E-state index contributed by atoms with van der Waals surface area (Å²) in [5.41, 5.74) is 15.1. The average Bonchev–Trinajstić information content (AvgIpc) is 2.88. The van der Waals surface area contributed by atoms with Crippen molar-refractivity contribution in [2.45, 2.75) is 77.2 Å². The van der Waals surface area contributed by atoms with Crippen LogP contribution in [-0.2, 0) is 20.7 Å². The molecular formula is C30H40N2O4. The molecule has 0 aliphatic heterocycles. The molecule has 6 heteroatoms. The maximum absolute atomic E-state index is 12.6. The molecule has 2 aromatic rings. The summed E-state index contributed by atoms with van der Waals surface area (Å²) in [4.78, 5) is 24.6. The van der Waals surface area contributed by atoms with E-state index < -0.39 is 5.97 Å². The topological polar surface area (TPSA) is 105 Å². The van der Waals surface area contributed by atoms with Crippen LogP contribution >= 0.6 is 0 Å². The number of unbranched alkanes of at least 4 members (excludes halogenated alkanes) is 3. The molecule has 36 heavy (non-hydrogen) atoms. The highest BCUT2D eigenvalue weighted by Gasteiger charge is 2.24. The van der Waals surface area contributed by atoms with Crippen LogP contribution in [0.25, 0.3) is 6.08 Å². The summed E-state index contributed by atoms with van der Waals surface area (Å²) >= 11 is 0. The zero-order chi connectivity index (χ0) is 25.8. The second-order valence-corrected chi connectivity index (χ2v) is 9.73. The van der Waals surface area contributed by atoms with Crippen LogP contribution in [0.4, 0.5) is 11.4 Å². The Kier molecular flexibility index (Phi) is 10.9. The van der Waals surface area contributed by atoms with Crippen molar-refractivity contribution in [2.24, 2.45) is 5.92 Å². The first-order chi connectivity index (χ1) is 17.4. The molecule has 0 unspecified atom stereocenters. The molecule has 6 nitrogen and oxygen atoms in total. The summed E-state index contributed by atoms with van der Waals surface area (Å²) in [6, 6.07) is 12.3. The molecule has 0 radical (unpaired) electrons. The highest BCUT2D eigenvalue weighted by Crippen LogP contribution is 2.30. The first-order valence-electron chi connectivity index (χ1n) is 13.2. The van der Waals surface area contributed by atoms with Gasteiger partial charge in [-0.15, -0.1) is 0 Å². The van der Waals surface area contributed by atoms with E-state index in [9.17, 15) is 9.59 Å². The van der Waals surface area contributed by atoms with E-state index in [4.69, 9.17) is 20.9 Å². The number of nitrogens with two attached hydrogens (primary N) is 2. The summed E-state index contributed by atoms with van der Waals surface area (Å²) in [7, 11) is 0. The van der Waals surface area contributed by atoms with Crippen molar-refractivity contribution in [3.63, 3.8) is 0 Å². The first-order valence-corrected chi connectivity index (χ1v) is 13.2. The molecule has 0 amide bonds. The van der Waals surface area contributed by atoms with E-state index in [1.54, 1.807) is 48.5 Å². The van der Waals surface area contributed by atoms with Crippen molar-refractivity contribution in [3.8, 4) is 0 Å². The van der Waals surface area contributed by atoms with Crippen molar-refractivity contribution >= 4 is 29.4 Å². The van der Waals surface area contributed by atoms with Gasteiger partial charge in [0, 0.05) is 23.9 Å². The summed E-state index contributed by atoms with van der Waals surface area (Å²) in [6.07, 6.45) is 14.3. The molecule has 1 saturated carbocycles. The van der Waals surface area contributed by atoms with Gasteiger partial charge in [0.05, 0.1) is 12.2 Å². The number of hydrogen-bond donors (Lipinski definition) is 2. The van der Waals surface area contributed by atoms with Crippen molar-refractivity contribution in [1.29, 1.82) is 0 Å². The first kappa shape index (κ1) is 27.3. The van der Waals surface area contributed by atoms with Crippen molar-refractivity contribution in [3.05, 3.63) is 65.2 Å². The van der Waals surface area contributed by atoms with Gasteiger partial charge in [-0.05, 0) is 79.1 Å². The van der Waals surface area contributed by atoms with Crippen LogP contribution in [0.5, 0.6) is 0 Å². The fourth-order valence-electron chi connectivity index (χ4n) is 4.66. The van der Waals surface area contributed by atoms with Crippen LogP contribution in [0, 0.1) is 5.92 Å². The molecule has 0 spiro atoms. The number of ether oxygens (including phenoxy) is 2. The molecule has 194 valence electrons. The summed E-state index contributed by atoms with van der Waals surface area (Å²) in [6.45, 7) is 2.45. The Morgan fingerprint density at radius 1 is 0.972 bits per heavy atom. The molecule has 4 N–H and O–H groups in total. The fraction of sp³-hybridized carbons (Fsp3) is 0.467. The lowest BCUT2D eigenvalue weighted by molar-refractivity contribution is -0.137. The Balaban J connectivity index is 1.37. The molecule has 2 aromatic carbocycles. The molecule has 0 heterocycles. The third-order valence-electron chi connectivity index (χ3n) is 6.87. The van der Waals surface area contributed by atoms with Crippen LogP contribution in [0.15, 0.2) is 48.5 Å². The third kappa shape index (κ3) is 9.06. The highest BCUT2D eigenvalue weighted by molar-refractivity contribution is 5.90. The van der Waals surface area contributed by atoms with E-state index in [2.05, 4.69) is 6.92 Å². The number of carbonyl (C=O) groups excluding carboxylic acids is 2. The molecule has 1 aliphatic carbocycles. The summed E-state index contributed by atoms with van der Waals surface area (Å²) < 4.78 is 11.0. The van der Waals surface area contributed by atoms with Crippen LogP contribution in [0.1, 0.15) is 86.2 Å². The smallest absolute Gasteiger partial charge is 0.338 e. The predicted octanol–water partition coefficient (Wildman–Crippen LogP) is 6.34. The number of rotatable bonds is 12. The van der Waals surface area contributed by atoms with E-state index in [0.717, 1.165) is 42.7 Å². The van der Waals surface area contributed by atoms with Gasteiger partial charge in [-0.1, -0.05) is 51.2 Å². The van der Waals surface area contributed by atoms with Gasteiger partial charge in [0.1, 0.15) is 6.10 Å². The lowest BCUT2D eigenvalue weighted by atomic mass is 9.84. The number of carbonyl (C=O) groups is 2. The highest BCUT2D eigenvalue weighted by atomic mass is 16.5. The number of anilines is 2. The molecular weight excluding hydrogens is 452 g/mol. The molecule has 1 fully saturated rings. The van der Waals surface area contributed by atoms with Crippen LogP contribution in [-0.4, -0.2) is 24.6 Å². The molecule has 0 bridgehead atoms. The largest absolute Gasteiger partial charge is 0.462 e. The van der Waals surface area contributed by atoms with Gasteiger partial charge in [0.2, 0.25) is 0 Å². The standard InChI is InChI=1S/C30H40N2O4/c1-2-3-4-5-6-22-9-15-27(16-10-22)36-30(34)24-12-7-23(8-13-24)11-18-29(33)35-20-19-25-21-26(31)14-17-28(25)32/h7-8,11-14,17-18,21-22,27H,2-6,9-10,15-16,19-20,31-32H2,1H3. The van der Waals surface area contributed by atoms with E-state index in [1.807, 2.05) is 0 Å². The van der Waals surface area contributed by atoms with Crippen molar-refractivity contribution < 1.29 is 19.1 Å². The zero-order valence-electron chi connectivity index (χ0n) is 21.4. The quantitative estimate of drug-likeness (QED) is 0.155. The number of benzene rings is 2. The SMILES string of the molecule is CCCCCCC1CCC(OC(=O)c2ccc(C=CC(=O)OCCc3cc(N)ccc3N)cc2)CC1. The van der Waals surface area contributed by atoms with Gasteiger partial charge >= 0.3 is 11.9 Å². The zero-order valence-corrected chi connectivity index (χ0v) is 21.4. The summed E-state index contributed by atoms with van der Waals surface area (Å²) in [5, 5.41) is 0. The molecule has 0 atom stereocenters. The van der Waals surface area contributed by atoms with Gasteiger partial charge in [-0.25, -0.2) is 9.59 Å². The van der Waals surface area contributed by atoms with Crippen molar-refractivity contribution in [1.82, 2.24) is 0 Å². The molecule has 0 aromatic heterocycles. The van der Waals surface area contributed by atoms with E-state index in [-0.39, 0.29) is 18.7 Å². The summed E-state index contributed by atoms with van der Waals surface area (Å²) in [5.74, 6) is 0.0592. The number of hydrogen-bond acceptors (Lipinski definition) is 6. The predicted molar refractivity (Wildman–Crippen MR) is 145 cm³/mol. The van der Waals surface area contributed by atoms with Crippen LogP contribution in [0.3, 0.4) is 0 Å². The Labute approximate surface area is 215 Å². The third-order valence-corrected chi connectivity index (χ3v) is 6.87. The minimum Gasteiger partial charge on any atom is -0.462 e. The molecule has 0 saturated heterocycles. The van der Waals surface area contributed by atoms with E-state index >= 15 is 0 Å². The van der Waals surface area contributed by atoms with Gasteiger partial charge in [-0.3, -0.25) is 0 Å². The lowest BCUT2D eigenvalue weighted by Crippen LogP contribution is -2.24. The number of esters is 2. The Hall–Kier alpha value is -3.28. The Morgan fingerprint density at radius 3 is 2.44 bits per heavy atom. The maximum Gasteiger partial charge on any atom is 0.338 e. The Bertz CT molecular complexity index is 1010. The molecule has 3 rings (SSSR count). The van der Waals surface area contributed by atoms with Crippen LogP contribution < -0.4 is 11.5 Å².